The fourth-order valence-corrected chi connectivity index (χ4v) is 8.82. The Morgan fingerprint density at radius 1 is 0.866 bits per heavy atom. The minimum atomic E-state index is -1.29. The molecular formula is C57H75BrN12O12. The molecule has 2 atom stereocenters. The van der Waals surface area contributed by atoms with Crippen LogP contribution in [0.4, 0.5) is 21.0 Å². The van der Waals surface area contributed by atoms with Gasteiger partial charge in [-0.15, -0.1) is 0 Å². The van der Waals surface area contributed by atoms with Gasteiger partial charge >= 0.3 is 12.1 Å². The van der Waals surface area contributed by atoms with Crippen molar-refractivity contribution >= 4 is 80.6 Å². The summed E-state index contributed by atoms with van der Waals surface area (Å²) in [4.78, 5) is 112. The number of rotatable bonds is 20. The van der Waals surface area contributed by atoms with E-state index in [1.165, 1.54) is 38.9 Å². The lowest BCUT2D eigenvalue weighted by molar-refractivity contribution is -0.153. The van der Waals surface area contributed by atoms with E-state index < -0.39 is 66.7 Å². The quantitative estimate of drug-likeness (QED) is 0.0563. The third-order valence-corrected chi connectivity index (χ3v) is 13.5. The molecule has 6 N–H and O–H groups in total. The number of alkyl halides is 1. The van der Waals surface area contributed by atoms with E-state index >= 15 is 0 Å². The molecule has 7 rings (SSSR count). The van der Waals surface area contributed by atoms with Gasteiger partial charge in [0.1, 0.15) is 31.0 Å². The van der Waals surface area contributed by atoms with Crippen molar-refractivity contribution in [2.75, 3.05) is 90.4 Å². The van der Waals surface area contributed by atoms with Gasteiger partial charge in [0.15, 0.2) is 0 Å². The minimum Gasteiger partial charge on any atom is -0.492 e. The first-order chi connectivity index (χ1) is 39.6. The maximum absolute atomic E-state index is 14.2. The Morgan fingerprint density at radius 3 is 2.33 bits per heavy atom. The highest BCUT2D eigenvalue weighted by molar-refractivity contribution is 9.09. The number of fused-ring (bicyclic) bond motifs is 6. The number of nitrogens with one attached hydrogen (secondary N) is 4. The molecule has 4 aliphatic rings. The number of allylic oxidation sites excluding steroid dienone is 1. The molecule has 24 nitrogen and oxygen atoms in total. The van der Waals surface area contributed by atoms with Crippen molar-refractivity contribution < 1.29 is 57.4 Å². The van der Waals surface area contributed by atoms with E-state index in [1.807, 2.05) is 60.1 Å². The largest absolute Gasteiger partial charge is 0.492 e. The van der Waals surface area contributed by atoms with Gasteiger partial charge in [0.05, 0.1) is 56.1 Å². The number of anilines is 1. The highest BCUT2D eigenvalue weighted by atomic mass is 79.9. The summed E-state index contributed by atoms with van der Waals surface area (Å²) in [5.74, 6) is -2.32. The molecule has 0 spiro atoms. The Hall–Kier alpha value is -7.55. The first-order valence-corrected chi connectivity index (χ1v) is 28.4. The molecule has 3 aromatic rings. The second kappa shape index (κ2) is 33.4. The molecule has 0 saturated carbocycles. The average molecular weight is 1200 g/mol. The Bertz CT molecular complexity index is 2790. The van der Waals surface area contributed by atoms with E-state index in [-0.39, 0.29) is 44.1 Å². The zero-order chi connectivity index (χ0) is 58.8. The van der Waals surface area contributed by atoms with Crippen molar-refractivity contribution in [2.45, 2.75) is 84.3 Å². The van der Waals surface area contributed by atoms with Gasteiger partial charge in [0.25, 0.3) is 5.91 Å². The van der Waals surface area contributed by atoms with Crippen LogP contribution in [0.25, 0.3) is 0 Å². The van der Waals surface area contributed by atoms with Gasteiger partial charge in [-0.2, -0.15) is 10.4 Å². The molecule has 82 heavy (non-hydrogen) atoms. The number of hydrogen-bond donors (Lipinski definition) is 5. The molecule has 2 unspecified atom stereocenters. The fourth-order valence-electron chi connectivity index (χ4n) is 8.70. The van der Waals surface area contributed by atoms with Gasteiger partial charge < -0.3 is 50.0 Å². The van der Waals surface area contributed by atoms with Gasteiger partial charge in [-0.25, -0.2) is 30.0 Å². The molecule has 442 valence electrons. The number of likely N-dealkylation sites (tertiary alicyclic amines) is 2. The third-order valence-electron chi connectivity index (χ3n) is 13.0. The fraction of sp³-hybridized carbons (Fsp3) is 0.456. The highest BCUT2D eigenvalue weighted by Crippen LogP contribution is 2.28. The number of halogens is 1. The molecule has 4 heterocycles. The summed E-state index contributed by atoms with van der Waals surface area (Å²) in [5, 5.41) is 5.17. The van der Waals surface area contributed by atoms with Crippen molar-refractivity contribution in [3.05, 3.63) is 113 Å². The first-order valence-electron chi connectivity index (χ1n) is 27.3. The van der Waals surface area contributed by atoms with Crippen molar-refractivity contribution in [3.8, 4) is 5.75 Å². The summed E-state index contributed by atoms with van der Waals surface area (Å²) in [6.07, 6.45) is 10.6. The summed E-state index contributed by atoms with van der Waals surface area (Å²) >= 11 is 2.96. The predicted octanol–water partition coefficient (Wildman–Crippen LogP) is 5.04. The Morgan fingerprint density at radius 2 is 1.60 bits per heavy atom. The molecule has 3 aromatic carbocycles. The number of carbonyl (C=O) groups excluding carboxylic acids is 7. The number of guanidine groups is 1. The van der Waals surface area contributed by atoms with Crippen LogP contribution in [-0.4, -0.2) is 175 Å². The van der Waals surface area contributed by atoms with Crippen LogP contribution < -0.4 is 32.1 Å². The van der Waals surface area contributed by atoms with E-state index in [0.29, 0.717) is 67.7 Å². The summed E-state index contributed by atoms with van der Waals surface area (Å²) < 4.78 is 23.8. The SMILES string of the molecule is CCC.CN(CCN(C)C(=O)N1C=CC2=NC1=Nc1ccc(OCCN3CCCC3)c(c1)COC/C=C/COCc1cccc2c1)C(=O)OCc1ccc(NC(=O)CNC(=O)C2CCCN2C(=O)C(CC(N)=O)NONC(=O)CBr)cc1. The van der Waals surface area contributed by atoms with Crippen LogP contribution in [0.1, 0.15) is 74.6 Å². The number of nitrogens with zero attached hydrogens (tertiary/aromatic N) is 7. The number of amides is 8. The Kier molecular flexibility index (Phi) is 25.9. The Balaban J connectivity index is 0.00000352. The molecule has 2 saturated heterocycles. The highest BCUT2D eigenvalue weighted by Gasteiger charge is 2.38. The first kappa shape index (κ1) is 63.6. The summed E-state index contributed by atoms with van der Waals surface area (Å²) in [5.41, 5.74) is 14.4. The lowest BCUT2D eigenvalue weighted by Crippen LogP contribution is -2.54. The summed E-state index contributed by atoms with van der Waals surface area (Å²) in [6.45, 7) is 9.16. The van der Waals surface area contributed by atoms with Gasteiger partial charge in [-0.05, 0) is 92.4 Å². The second-order valence-electron chi connectivity index (χ2n) is 19.6. The lowest BCUT2D eigenvalue weighted by atomic mass is 10.1. The van der Waals surface area contributed by atoms with E-state index in [9.17, 15) is 33.6 Å². The number of benzene rings is 3. The maximum Gasteiger partial charge on any atom is 0.409 e. The van der Waals surface area contributed by atoms with Crippen LogP contribution in [-0.2, 0) is 62.9 Å². The van der Waals surface area contributed by atoms with Gasteiger partial charge in [-0.3, -0.25) is 28.9 Å². The van der Waals surface area contributed by atoms with E-state index in [0.717, 1.165) is 36.3 Å². The maximum atomic E-state index is 14.2. The number of hydrogen-bond acceptors (Lipinski definition) is 16. The average Bonchev–Trinajstić information content (AvgIpc) is 4.22. The number of nitrogens with two attached hydrogens (primary N) is 1. The Labute approximate surface area is 486 Å². The van der Waals surface area contributed by atoms with Crippen molar-refractivity contribution in [2.24, 2.45) is 15.7 Å². The molecular weight excluding hydrogens is 1120 g/mol. The molecule has 25 heteroatoms. The number of carbonyl (C=O) groups is 7. The molecule has 0 aliphatic carbocycles. The monoisotopic (exact) mass is 1200 g/mol. The van der Waals surface area contributed by atoms with E-state index in [4.69, 9.17) is 39.6 Å². The van der Waals surface area contributed by atoms with Crippen molar-refractivity contribution in [1.82, 2.24) is 40.8 Å². The molecule has 8 amide bonds. The van der Waals surface area contributed by atoms with Gasteiger partial charge in [0, 0.05) is 63.3 Å². The van der Waals surface area contributed by atoms with Crippen LogP contribution >= 0.6 is 15.9 Å². The number of likely N-dealkylation sites (N-methyl/N-ethyl adjacent to an activating group) is 2. The molecule has 6 bridgehead atoms. The minimum absolute atomic E-state index is 0.0757. The van der Waals surface area contributed by atoms with Crippen LogP contribution in [0, 0.1) is 0 Å². The topological polar surface area (TPSA) is 281 Å². The number of primary amides is 1. The van der Waals surface area contributed by atoms with E-state index in [1.54, 1.807) is 50.6 Å². The summed E-state index contributed by atoms with van der Waals surface area (Å²) in [6, 6.07) is 17.3. The molecule has 4 aliphatic heterocycles. The zero-order valence-electron chi connectivity index (χ0n) is 46.9. The second-order valence-corrected chi connectivity index (χ2v) is 20.2. The van der Waals surface area contributed by atoms with Crippen LogP contribution in [0.2, 0.25) is 0 Å². The van der Waals surface area contributed by atoms with Crippen LogP contribution in [0.5, 0.6) is 5.75 Å². The zero-order valence-corrected chi connectivity index (χ0v) is 48.5. The standard InChI is InChI=1S/C54H67BrN12O12.C3H8/c1-63(23-24-64(2)54(74)78-35-37-12-14-41(15-13-37)58-49(70)33-57-50(71)45-11-8-21-66(45)51(72)44(31-47(56)68)61-79-62-48(69)32-55)53(73)67-22-18-43-39-10-7-9-38(29-39)34-75-26-5-6-27-76-36-40-30-42(59-52(67)60-43)16-17-46(40)77-28-25-65-19-3-4-20-65;1-3-2/h5-7,9-10,12-18,22,29-30,44-45,61H,3-4,8,11,19-21,23-28,31-36H2,1-2H3,(H2,56,68)(H,57,71)(H,58,70)(H,62,69);3H2,1-2H3/b6-5+,59-52?;. The summed E-state index contributed by atoms with van der Waals surface area (Å²) in [7, 11) is 3.18. The van der Waals surface area contributed by atoms with Gasteiger partial charge in [0.2, 0.25) is 29.6 Å². The molecule has 0 aromatic heterocycles. The van der Waals surface area contributed by atoms with Crippen molar-refractivity contribution in [1.29, 1.82) is 0 Å². The number of urea groups is 1. The van der Waals surface area contributed by atoms with Crippen molar-refractivity contribution in [3.63, 3.8) is 0 Å². The third kappa shape index (κ3) is 20.2. The number of ether oxygens (including phenoxy) is 4. The van der Waals surface area contributed by atoms with E-state index in [2.05, 4.69) is 50.8 Å². The number of aliphatic imine (C=N–C) groups is 2. The lowest BCUT2D eigenvalue weighted by Gasteiger charge is -2.28. The normalized spacial score (nSPS) is 16.8. The van der Waals surface area contributed by atoms with Crippen LogP contribution in [0.15, 0.2) is 101 Å². The van der Waals surface area contributed by atoms with Crippen LogP contribution in [0.3, 0.4) is 0 Å². The predicted molar refractivity (Wildman–Crippen MR) is 310 cm³/mol. The molecule has 2 fully saturated rings. The van der Waals surface area contributed by atoms with Gasteiger partial charge in [-0.1, -0.05) is 78.7 Å². The smallest absolute Gasteiger partial charge is 0.409 e. The molecule has 0 radical (unpaired) electrons. The number of hydroxylamine groups is 2.